The number of aliphatic hydroxyl groups excluding tert-OH is 1. The molecule has 4 rings (SSSR count). The number of aliphatic hydroxyl groups is 2. The smallest absolute Gasteiger partial charge is 0.255 e. The second-order valence-electron chi connectivity index (χ2n) is 9.11. The van der Waals surface area contributed by atoms with Crippen molar-refractivity contribution in [2.75, 3.05) is 11.9 Å². The molecule has 1 fully saturated rings. The third-order valence-corrected chi connectivity index (χ3v) is 6.07. The maximum absolute atomic E-state index is 14.2. The first-order valence-electron chi connectivity index (χ1n) is 11.1. The van der Waals surface area contributed by atoms with E-state index in [0.717, 1.165) is 18.4 Å². The van der Waals surface area contributed by atoms with E-state index in [1.165, 1.54) is 26.2 Å². The summed E-state index contributed by atoms with van der Waals surface area (Å²) in [5.41, 5.74) is 1.42. The van der Waals surface area contributed by atoms with Crippen molar-refractivity contribution in [3.63, 3.8) is 0 Å². The number of halogens is 1. The number of hydrogen-bond donors (Lipinski definition) is 4. The first-order valence-corrected chi connectivity index (χ1v) is 11.1. The number of pyridine rings is 1. The van der Waals surface area contributed by atoms with Crippen molar-refractivity contribution in [1.29, 1.82) is 5.26 Å². The van der Waals surface area contributed by atoms with Gasteiger partial charge in [-0.3, -0.25) is 9.78 Å². The third kappa shape index (κ3) is 4.85. The number of nitrogens with zero attached hydrogens (tertiary/aromatic N) is 4. The van der Waals surface area contributed by atoms with E-state index in [0.29, 0.717) is 29.1 Å². The minimum absolute atomic E-state index is 0.200. The van der Waals surface area contributed by atoms with Gasteiger partial charge in [-0.1, -0.05) is 0 Å². The number of carbonyl (C=O) groups excluding carboxylic acids is 1. The zero-order valence-electron chi connectivity index (χ0n) is 19.0. The van der Waals surface area contributed by atoms with E-state index in [-0.39, 0.29) is 18.2 Å². The number of alkyl halides is 1. The Morgan fingerprint density at radius 3 is 2.82 bits per heavy atom. The van der Waals surface area contributed by atoms with Crippen LogP contribution < -0.4 is 10.6 Å². The summed E-state index contributed by atoms with van der Waals surface area (Å²) < 4.78 is 15.8. The lowest BCUT2D eigenvalue weighted by Crippen LogP contribution is -2.42. The van der Waals surface area contributed by atoms with Crippen molar-refractivity contribution in [2.24, 2.45) is 0 Å². The molecule has 9 nitrogen and oxygen atoms in total. The van der Waals surface area contributed by atoms with Crippen LogP contribution in [0.25, 0.3) is 16.9 Å². The highest BCUT2D eigenvalue weighted by atomic mass is 19.1. The highest BCUT2D eigenvalue weighted by Gasteiger charge is 2.29. The average molecular weight is 467 g/mol. The van der Waals surface area contributed by atoms with Crippen molar-refractivity contribution in [3.05, 3.63) is 47.8 Å². The van der Waals surface area contributed by atoms with E-state index in [2.05, 4.69) is 26.8 Å². The summed E-state index contributed by atoms with van der Waals surface area (Å²) >= 11 is 0. The van der Waals surface area contributed by atoms with E-state index >= 15 is 0 Å². The molecule has 178 valence electrons. The minimum Gasteiger partial charge on any atom is -0.391 e. The molecule has 0 aliphatic heterocycles. The Bertz CT molecular complexity index is 1250. The third-order valence-electron chi connectivity index (χ3n) is 6.07. The van der Waals surface area contributed by atoms with Gasteiger partial charge in [0.2, 0.25) is 0 Å². The summed E-state index contributed by atoms with van der Waals surface area (Å²) in [5, 5.41) is 39.3. The molecule has 1 unspecified atom stereocenters. The Labute approximate surface area is 196 Å². The van der Waals surface area contributed by atoms with Crippen LogP contribution in [0.1, 0.15) is 49.0 Å². The molecule has 1 amide bonds. The fourth-order valence-corrected chi connectivity index (χ4v) is 3.99. The van der Waals surface area contributed by atoms with Gasteiger partial charge in [0.15, 0.2) is 0 Å². The fourth-order valence-electron chi connectivity index (χ4n) is 3.99. The molecule has 4 N–H and O–H groups in total. The molecule has 0 radical (unpaired) electrons. The number of fused-ring (bicyclic) bond motifs is 1. The molecule has 10 heteroatoms. The molecule has 1 aliphatic rings. The molecule has 3 heterocycles. The van der Waals surface area contributed by atoms with Gasteiger partial charge in [0, 0.05) is 6.20 Å². The Morgan fingerprint density at radius 2 is 2.15 bits per heavy atom. The first-order chi connectivity index (χ1) is 16.2. The number of aromatic nitrogens is 3. The maximum atomic E-state index is 14.2. The van der Waals surface area contributed by atoms with E-state index in [4.69, 9.17) is 5.26 Å². The summed E-state index contributed by atoms with van der Waals surface area (Å²) in [7, 11) is 0. The SMILES string of the molecule is CC(C)(O)C(F)CNC(=O)c1cnc(-c2ccc3cc(C#N)cnn23)cc1N[C@H]1CCC[C@H]1O. The molecule has 1 saturated carbocycles. The maximum Gasteiger partial charge on any atom is 0.255 e. The zero-order chi connectivity index (χ0) is 24.5. The number of amides is 1. The van der Waals surface area contributed by atoms with Crippen LogP contribution in [-0.2, 0) is 0 Å². The van der Waals surface area contributed by atoms with E-state index < -0.39 is 23.8 Å². The molecular weight excluding hydrogens is 439 g/mol. The van der Waals surface area contributed by atoms with Gasteiger partial charge >= 0.3 is 0 Å². The number of hydrogen-bond acceptors (Lipinski definition) is 7. The highest BCUT2D eigenvalue weighted by molar-refractivity contribution is 6.00. The molecule has 0 aromatic carbocycles. The first kappa shape index (κ1) is 23.6. The Kier molecular flexibility index (Phi) is 6.50. The summed E-state index contributed by atoms with van der Waals surface area (Å²) in [4.78, 5) is 17.3. The minimum atomic E-state index is -1.65. The van der Waals surface area contributed by atoms with Crippen molar-refractivity contribution >= 4 is 17.1 Å². The average Bonchev–Trinajstić information content (AvgIpc) is 3.41. The molecule has 0 saturated heterocycles. The quantitative estimate of drug-likeness (QED) is 0.420. The molecule has 3 atom stereocenters. The molecule has 34 heavy (non-hydrogen) atoms. The molecule has 1 aliphatic carbocycles. The van der Waals surface area contributed by atoms with Crippen LogP contribution >= 0.6 is 0 Å². The summed E-state index contributed by atoms with van der Waals surface area (Å²) in [6.45, 7) is 2.32. The Morgan fingerprint density at radius 1 is 1.35 bits per heavy atom. The number of nitriles is 1. The molecule has 0 bridgehead atoms. The lowest BCUT2D eigenvalue weighted by molar-refractivity contribution is -0.00177. The van der Waals surface area contributed by atoms with Crippen LogP contribution in [-0.4, -0.2) is 61.2 Å². The van der Waals surface area contributed by atoms with Crippen LogP contribution in [0.3, 0.4) is 0 Å². The monoisotopic (exact) mass is 466 g/mol. The molecule has 3 aromatic heterocycles. The van der Waals surface area contributed by atoms with Crippen molar-refractivity contribution in [1.82, 2.24) is 19.9 Å². The number of nitrogens with one attached hydrogen (secondary N) is 2. The van der Waals surface area contributed by atoms with Gasteiger partial charge in [0.05, 0.1) is 64.2 Å². The lowest BCUT2D eigenvalue weighted by atomic mass is 10.0. The predicted octanol–water partition coefficient (Wildman–Crippen LogP) is 2.43. The van der Waals surface area contributed by atoms with Gasteiger partial charge in [-0.05, 0) is 57.4 Å². The van der Waals surface area contributed by atoms with Crippen LogP contribution in [0.2, 0.25) is 0 Å². The number of rotatable bonds is 7. The largest absolute Gasteiger partial charge is 0.391 e. The molecule has 0 spiro atoms. The lowest BCUT2D eigenvalue weighted by Gasteiger charge is -2.23. The van der Waals surface area contributed by atoms with Crippen molar-refractivity contribution < 1.29 is 19.4 Å². The molecular formula is C24H27FN6O3. The van der Waals surface area contributed by atoms with Gasteiger partial charge in [-0.2, -0.15) is 10.4 Å². The van der Waals surface area contributed by atoms with Gasteiger partial charge in [0.25, 0.3) is 5.91 Å². The van der Waals surface area contributed by atoms with Crippen molar-refractivity contribution in [2.45, 2.75) is 57.0 Å². The van der Waals surface area contributed by atoms with Crippen LogP contribution in [0, 0.1) is 11.3 Å². The zero-order valence-corrected chi connectivity index (χ0v) is 19.0. The Balaban J connectivity index is 1.67. The second-order valence-corrected chi connectivity index (χ2v) is 9.11. The Hall–Kier alpha value is -3.55. The van der Waals surface area contributed by atoms with Crippen LogP contribution in [0.5, 0.6) is 0 Å². The molecule has 3 aromatic rings. The van der Waals surface area contributed by atoms with Gasteiger partial charge in [-0.15, -0.1) is 0 Å². The summed E-state index contributed by atoms with van der Waals surface area (Å²) in [6, 6.07) is 8.87. The summed E-state index contributed by atoms with van der Waals surface area (Å²) in [5.74, 6) is -0.544. The predicted molar refractivity (Wildman–Crippen MR) is 124 cm³/mol. The topological polar surface area (TPSA) is 136 Å². The highest BCUT2D eigenvalue weighted by Crippen LogP contribution is 2.29. The van der Waals surface area contributed by atoms with Gasteiger partial charge in [0.1, 0.15) is 12.2 Å². The van der Waals surface area contributed by atoms with Crippen LogP contribution in [0.15, 0.2) is 36.7 Å². The standard InChI is InChI=1S/C24H27FN6O3/c1-24(2,34)22(25)13-28-23(33)16-12-27-19(9-18(16)30-17-4-3-5-21(17)32)20-7-6-15-8-14(10-26)11-29-31(15)20/h6-9,11-12,17,21-22,32,34H,3-5,13H2,1-2H3,(H,27,30)(H,28,33)/t17-,21+,22?/m0/s1. The number of anilines is 1. The van der Waals surface area contributed by atoms with Crippen molar-refractivity contribution in [3.8, 4) is 17.5 Å². The van der Waals surface area contributed by atoms with E-state index in [1.54, 1.807) is 16.6 Å². The second kappa shape index (κ2) is 9.37. The normalized spacial score (nSPS) is 19.1. The van der Waals surface area contributed by atoms with Gasteiger partial charge in [-0.25, -0.2) is 8.91 Å². The van der Waals surface area contributed by atoms with E-state index in [9.17, 15) is 19.4 Å². The fraction of sp³-hybridized carbons (Fsp3) is 0.417. The van der Waals surface area contributed by atoms with Crippen LogP contribution in [0.4, 0.5) is 10.1 Å². The van der Waals surface area contributed by atoms with Gasteiger partial charge < -0.3 is 20.8 Å². The number of carbonyl (C=O) groups is 1. The van der Waals surface area contributed by atoms with E-state index in [1.807, 2.05) is 12.1 Å². The summed E-state index contributed by atoms with van der Waals surface area (Å²) in [6.07, 6.45) is 2.95.